The number of carbonyl (C=O) groups excluding carboxylic acids is 4. The van der Waals surface area contributed by atoms with Gasteiger partial charge in [0.1, 0.15) is 17.7 Å². The van der Waals surface area contributed by atoms with Crippen LogP contribution in [-0.2, 0) is 24.3 Å². The van der Waals surface area contributed by atoms with Gasteiger partial charge in [0, 0.05) is 13.1 Å². The Kier molecular flexibility index (Phi) is 16.7. The summed E-state index contributed by atoms with van der Waals surface area (Å²) in [4.78, 5) is 52.4. The van der Waals surface area contributed by atoms with Crippen molar-refractivity contribution in [2.24, 2.45) is 5.41 Å². The van der Waals surface area contributed by atoms with Gasteiger partial charge in [-0.1, -0.05) is 74.1 Å². The molecule has 0 unspecified atom stereocenters. The molecule has 0 radical (unpaired) electrons. The summed E-state index contributed by atoms with van der Waals surface area (Å²) in [5.74, 6) is -1.45. The van der Waals surface area contributed by atoms with Gasteiger partial charge in [-0.05, 0) is 63.2 Å². The molecule has 3 aliphatic rings. The number of piperidine rings is 2. The van der Waals surface area contributed by atoms with E-state index in [9.17, 15) is 32.7 Å². The molecule has 3 atom stereocenters. The van der Waals surface area contributed by atoms with Crippen LogP contribution in [0.15, 0.2) is 0 Å². The van der Waals surface area contributed by atoms with Crippen LogP contribution in [0, 0.1) is 5.41 Å². The molecule has 3 heterocycles. The molecular formula is C34H64N6O9S. The lowest BCUT2D eigenvalue weighted by molar-refractivity contribution is -0.929. The minimum atomic E-state index is -4.92. The molecule has 0 spiro atoms. The highest BCUT2D eigenvalue weighted by atomic mass is 32.3. The lowest BCUT2D eigenvalue weighted by Gasteiger charge is -2.54. The largest absolute Gasteiger partial charge is 0.530 e. The zero-order valence-corrected chi connectivity index (χ0v) is 32.3. The van der Waals surface area contributed by atoms with Gasteiger partial charge in [-0.25, -0.2) is 4.79 Å². The number of hydrogen-bond acceptors (Lipinski definition) is 8. The van der Waals surface area contributed by atoms with Gasteiger partial charge in [0.2, 0.25) is 0 Å². The van der Waals surface area contributed by atoms with Crippen LogP contribution in [0.3, 0.4) is 0 Å². The summed E-state index contributed by atoms with van der Waals surface area (Å²) in [5, 5.41) is 12.3. The normalized spacial score (nSPS) is 22.6. The molecule has 2 bridgehead atoms. The van der Waals surface area contributed by atoms with E-state index in [4.69, 9.17) is 4.55 Å². The number of urea groups is 1. The highest BCUT2D eigenvalue weighted by Crippen LogP contribution is 2.42. The van der Waals surface area contributed by atoms with Gasteiger partial charge >= 0.3 is 16.4 Å². The predicted octanol–water partition coefficient (Wildman–Crippen LogP) is 3.75. The molecule has 3 rings (SSSR count). The van der Waals surface area contributed by atoms with Crippen molar-refractivity contribution in [1.82, 2.24) is 25.7 Å². The highest BCUT2D eigenvalue weighted by Gasteiger charge is 2.55. The van der Waals surface area contributed by atoms with Crippen molar-refractivity contribution < 1.29 is 46.0 Å². The second kappa shape index (κ2) is 19.2. The van der Waals surface area contributed by atoms with Crippen LogP contribution in [0.5, 0.6) is 0 Å². The van der Waals surface area contributed by atoms with Crippen LogP contribution in [0.25, 0.3) is 0 Å². The first-order valence-electron chi connectivity index (χ1n) is 18.6. The van der Waals surface area contributed by atoms with E-state index in [1.54, 1.807) is 20.8 Å². The zero-order valence-electron chi connectivity index (χ0n) is 31.5. The predicted molar refractivity (Wildman–Crippen MR) is 187 cm³/mol. The first-order chi connectivity index (χ1) is 23.4. The number of nitrogens with zero attached hydrogens (tertiary/aromatic N) is 4. The monoisotopic (exact) mass is 732 g/mol. The molecular weight excluding hydrogens is 668 g/mol. The van der Waals surface area contributed by atoms with Crippen LogP contribution in [0.1, 0.15) is 132 Å². The van der Waals surface area contributed by atoms with E-state index in [0.29, 0.717) is 17.9 Å². The molecule has 3 aliphatic heterocycles. The Bertz CT molecular complexity index is 1210. The molecule has 0 saturated carbocycles. The van der Waals surface area contributed by atoms with Gasteiger partial charge in [0.15, 0.2) is 0 Å². The SMILES string of the molecule is CC(C)(C)[C@@]1(C(=O)NNC(=O)[C@@H]2CC[C@@H]3CN2C(=O)N3OS(=O)(=O)O)CCCCN1C(=O)[O-].CCCC[N+](CCCC)(CCCC)CCCC. The molecule has 16 heteroatoms. The molecule has 290 valence electrons. The fourth-order valence-corrected chi connectivity index (χ4v) is 8.02. The van der Waals surface area contributed by atoms with Crippen molar-refractivity contribution in [1.29, 1.82) is 0 Å². The quantitative estimate of drug-likeness (QED) is 0.121. The van der Waals surface area contributed by atoms with Crippen LogP contribution in [-0.4, -0.2) is 113 Å². The summed E-state index contributed by atoms with van der Waals surface area (Å²) >= 11 is 0. The van der Waals surface area contributed by atoms with Crippen molar-refractivity contribution >= 4 is 34.3 Å². The number of fused-ring (bicyclic) bond motifs is 2. The average molecular weight is 733 g/mol. The third-order valence-corrected chi connectivity index (χ3v) is 10.9. The highest BCUT2D eigenvalue weighted by molar-refractivity contribution is 7.80. The van der Waals surface area contributed by atoms with E-state index in [2.05, 4.69) is 42.8 Å². The lowest BCUT2D eigenvalue weighted by atomic mass is 9.67. The topological polar surface area (TPSA) is 189 Å². The second-order valence-electron chi connectivity index (χ2n) is 15.1. The fourth-order valence-electron chi connectivity index (χ4n) is 7.63. The van der Waals surface area contributed by atoms with Gasteiger partial charge in [-0.15, -0.1) is 4.28 Å². The number of hydrogen-bond donors (Lipinski definition) is 3. The number of carboxylic acid groups (broad SMARTS) is 1. The molecule has 0 aliphatic carbocycles. The van der Waals surface area contributed by atoms with Crippen molar-refractivity contribution in [2.75, 3.05) is 39.3 Å². The fraction of sp³-hybridized carbons (Fsp3) is 0.882. The van der Waals surface area contributed by atoms with E-state index >= 15 is 0 Å². The maximum atomic E-state index is 13.2. The van der Waals surface area contributed by atoms with E-state index < -0.39 is 57.4 Å². The summed E-state index contributed by atoms with van der Waals surface area (Å²) < 4.78 is 36.6. The molecule has 3 N–H and O–H groups in total. The number of amides is 5. The van der Waals surface area contributed by atoms with Crippen LogP contribution in [0.4, 0.5) is 9.59 Å². The van der Waals surface area contributed by atoms with E-state index in [-0.39, 0.29) is 32.4 Å². The Morgan fingerprint density at radius 3 is 1.88 bits per heavy atom. The molecule has 15 nitrogen and oxygen atoms in total. The molecule has 3 fully saturated rings. The first-order valence-corrected chi connectivity index (χ1v) is 20.0. The van der Waals surface area contributed by atoms with Gasteiger partial charge in [-0.2, -0.15) is 13.5 Å². The number of unbranched alkanes of at least 4 members (excludes halogenated alkanes) is 4. The summed E-state index contributed by atoms with van der Waals surface area (Å²) in [7, 11) is -4.92. The Morgan fingerprint density at radius 2 is 1.44 bits per heavy atom. The van der Waals surface area contributed by atoms with E-state index in [1.807, 2.05) is 0 Å². The van der Waals surface area contributed by atoms with Crippen LogP contribution >= 0.6 is 0 Å². The Hall–Kier alpha value is -2.69. The second-order valence-corrected chi connectivity index (χ2v) is 16.1. The number of rotatable bonds is 16. The smallest absolute Gasteiger partial charge is 0.418 e. The van der Waals surface area contributed by atoms with Gasteiger partial charge in [0.05, 0.1) is 32.2 Å². The third-order valence-electron chi connectivity index (χ3n) is 10.5. The average Bonchev–Trinajstić information content (AvgIpc) is 3.29. The van der Waals surface area contributed by atoms with E-state index in [1.165, 1.54) is 82.0 Å². The van der Waals surface area contributed by atoms with Crippen molar-refractivity contribution in [3.63, 3.8) is 0 Å². The Labute approximate surface area is 299 Å². The summed E-state index contributed by atoms with van der Waals surface area (Å²) in [5.41, 5.74) is 2.29. The number of hydrazine groups is 1. The first kappa shape index (κ1) is 43.5. The maximum absolute atomic E-state index is 13.2. The van der Waals surface area contributed by atoms with E-state index in [0.717, 1.165) is 9.80 Å². The number of quaternary nitrogens is 1. The molecule has 0 aromatic heterocycles. The number of carbonyl (C=O) groups is 4. The Balaban J connectivity index is 0.000000432. The zero-order chi connectivity index (χ0) is 37.8. The number of likely N-dealkylation sites (tertiary alicyclic amines) is 1. The molecule has 5 amide bonds. The van der Waals surface area contributed by atoms with Gasteiger partial charge in [-0.3, -0.25) is 25.0 Å². The van der Waals surface area contributed by atoms with Crippen LogP contribution in [0.2, 0.25) is 0 Å². The standard InChI is InChI=1S/C18H29N5O9S.C16H36N/c1-17(2,3)18(8-4-5-9-22(18)16(27)28)14(25)20-19-13(24)12-7-6-11-10-21(12)15(26)23(11)32-33(29,30)31;1-5-9-13-17(14-10-6-2,15-11-7-3)16-12-8-4/h11-12H,4-10H2,1-3H3,(H,19,24)(H,20,25)(H,27,28)(H,29,30,31);5-16H2,1-4H3/q;+1/p-1/t11-,12+,18+;/m1./s1. The maximum Gasteiger partial charge on any atom is 0.418 e. The van der Waals surface area contributed by atoms with Crippen molar-refractivity contribution in [2.45, 2.75) is 150 Å². The van der Waals surface area contributed by atoms with Crippen molar-refractivity contribution in [3.8, 4) is 0 Å². The molecule has 3 saturated heterocycles. The van der Waals surface area contributed by atoms with Crippen molar-refractivity contribution in [3.05, 3.63) is 0 Å². The van der Waals surface area contributed by atoms with Gasteiger partial charge < -0.3 is 24.2 Å². The summed E-state index contributed by atoms with van der Waals surface area (Å²) in [6.45, 7) is 20.3. The number of hydroxylamine groups is 2. The molecule has 0 aromatic rings. The molecule has 50 heavy (non-hydrogen) atoms. The number of nitrogens with one attached hydrogen (secondary N) is 2. The lowest BCUT2D eigenvalue weighted by Crippen LogP contribution is -2.72. The minimum absolute atomic E-state index is 0.00915. The third kappa shape index (κ3) is 11.2. The molecule has 0 aromatic carbocycles. The summed E-state index contributed by atoms with van der Waals surface area (Å²) in [6, 6.07) is -2.61. The summed E-state index contributed by atoms with van der Waals surface area (Å²) in [6.07, 6.45) is 11.4. The van der Waals surface area contributed by atoms with Crippen LogP contribution < -0.4 is 16.0 Å². The van der Waals surface area contributed by atoms with Gasteiger partial charge in [0.25, 0.3) is 11.8 Å². The minimum Gasteiger partial charge on any atom is -0.530 e. The Morgan fingerprint density at radius 1 is 0.920 bits per heavy atom.